The number of methoxy groups -OCH3 is 1. The summed E-state index contributed by atoms with van der Waals surface area (Å²) in [5, 5.41) is 1.75. The highest BCUT2D eigenvalue weighted by atomic mass is 79.9. The summed E-state index contributed by atoms with van der Waals surface area (Å²) in [5.74, 6) is 1.59. The highest BCUT2D eigenvalue weighted by Gasteiger charge is 2.21. The van der Waals surface area contributed by atoms with E-state index in [1.165, 1.54) is 12.8 Å². The van der Waals surface area contributed by atoms with Gasteiger partial charge in [0.25, 0.3) is 0 Å². The number of fused-ring (bicyclic) bond motifs is 1. The Balaban J connectivity index is 1.90. The molecule has 0 radical (unpaired) electrons. The first kappa shape index (κ1) is 15.1. The van der Waals surface area contributed by atoms with Crippen molar-refractivity contribution in [1.29, 1.82) is 0 Å². The van der Waals surface area contributed by atoms with E-state index in [9.17, 15) is 0 Å². The molecular formula is C16H18BrClN2O. The third-order valence-electron chi connectivity index (χ3n) is 3.94. The molecule has 2 aromatic rings. The van der Waals surface area contributed by atoms with Crippen LogP contribution < -0.4 is 4.90 Å². The predicted molar refractivity (Wildman–Crippen MR) is 91.3 cm³/mol. The molecule has 0 aliphatic carbocycles. The molecule has 1 fully saturated rings. The lowest BCUT2D eigenvalue weighted by Gasteiger charge is -2.33. The lowest BCUT2D eigenvalue weighted by Crippen LogP contribution is -2.37. The minimum absolute atomic E-state index is 0.585. The molecule has 3 nitrogen and oxygen atoms in total. The van der Waals surface area contributed by atoms with Gasteiger partial charge in [0.05, 0.1) is 17.1 Å². The summed E-state index contributed by atoms with van der Waals surface area (Å²) in [6.07, 6.45) is 2.41. The number of halogens is 2. The second-order valence-corrected chi connectivity index (χ2v) is 6.86. The summed E-state index contributed by atoms with van der Waals surface area (Å²) < 4.78 is 6.27. The average molecular weight is 370 g/mol. The van der Waals surface area contributed by atoms with Gasteiger partial charge in [-0.05, 0) is 43.0 Å². The average Bonchev–Trinajstić information content (AvgIpc) is 2.47. The molecule has 1 atom stereocenters. The molecule has 1 unspecified atom stereocenters. The van der Waals surface area contributed by atoms with Crippen LogP contribution in [0.15, 0.2) is 28.7 Å². The maximum absolute atomic E-state index is 6.32. The highest BCUT2D eigenvalue weighted by Crippen LogP contribution is 2.30. The van der Waals surface area contributed by atoms with Crippen molar-refractivity contribution in [1.82, 2.24) is 4.98 Å². The number of benzene rings is 1. The minimum atomic E-state index is 0.585. The summed E-state index contributed by atoms with van der Waals surface area (Å²) in [6, 6.07) is 8.11. The van der Waals surface area contributed by atoms with Crippen LogP contribution in [0.5, 0.6) is 0 Å². The molecule has 112 valence electrons. The summed E-state index contributed by atoms with van der Waals surface area (Å²) in [6.45, 7) is 2.87. The maximum Gasteiger partial charge on any atom is 0.129 e. The standard InChI is InChI=1S/C16H18BrClN2O/c1-21-10-11-3-2-6-20(9-11)15-5-4-12-7-13(17)8-14(18)16(12)19-15/h4-5,7-8,11H,2-3,6,9-10H2,1H3. The number of piperidine rings is 1. The zero-order chi connectivity index (χ0) is 14.8. The Hall–Kier alpha value is -0.840. The van der Waals surface area contributed by atoms with Gasteiger partial charge in [-0.25, -0.2) is 4.98 Å². The lowest BCUT2D eigenvalue weighted by atomic mass is 9.99. The Kier molecular flexibility index (Phi) is 4.67. The van der Waals surface area contributed by atoms with Gasteiger partial charge < -0.3 is 9.64 Å². The van der Waals surface area contributed by atoms with Gasteiger partial charge in [-0.2, -0.15) is 0 Å². The topological polar surface area (TPSA) is 25.4 Å². The zero-order valence-corrected chi connectivity index (χ0v) is 14.3. The molecule has 1 aromatic carbocycles. The number of aromatic nitrogens is 1. The Labute approximate surface area is 138 Å². The molecule has 5 heteroatoms. The van der Waals surface area contributed by atoms with E-state index in [4.69, 9.17) is 21.3 Å². The molecule has 2 heterocycles. The van der Waals surface area contributed by atoms with Crippen LogP contribution in [0.1, 0.15) is 12.8 Å². The van der Waals surface area contributed by atoms with Crippen molar-refractivity contribution in [2.24, 2.45) is 5.92 Å². The Morgan fingerprint density at radius 3 is 3.10 bits per heavy atom. The second-order valence-electron chi connectivity index (χ2n) is 5.54. The van der Waals surface area contributed by atoms with Gasteiger partial charge in [-0.1, -0.05) is 27.5 Å². The fourth-order valence-electron chi connectivity index (χ4n) is 2.97. The molecule has 1 saturated heterocycles. The molecule has 1 aromatic heterocycles. The van der Waals surface area contributed by atoms with Crippen LogP contribution in [0.4, 0.5) is 5.82 Å². The normalized spacial score (nSPS) is 19.2. The van der Waals surface area contributed by atoms with E-state index in [0.29, 0.717) is 10.9 Å². The van der Waals surface area contributed by atoms with Crippen LogP contribution in [0, 0.1) is 5.92 Å². The van der Waals surface area contributed by atoms with Gasteiger partial charge in [-0.15, -0.1) is 0 Å². The van der Waals surface area contributed by atoms with E-state index in [-0.39, 0.29) is 0 Å². The van der Waals surface area contributed by atoms with E-state index < -0.39 is 0 Å². The van der Waals surface area contributed by atoms with Crippen LogP contribution >= 0.6 is 27.5 Å². The van der Waals surface area contributed by atoms with Gasteiger partial charge >= 0.3 is 0 Å². The van der Waals surface area contributed by atoms with Gasteiger partial charge in [0.1, 0.15) is 5.82 Å². The first-order valence-corrected chi connectivity index (χ1v) is 8.34. The molecule has 0 spiro atoms. The van der Waals surface area contributed by atoms with Gasteiger partial charge in [-0.3, -0.25) is 0 Å². The minimum Gasteiger partial charge on any atom is -0.384 e. The number of hydrogen-bond acceptors (Lipinski definition) is 3. The van der Waals surface area contributed by atoms with E-state index in [2.05, 4.69) is 33.0 Å². The fourth-order valence-corrected chi connectivity index (χ4v) is 3.84. The third-order valence-corrected chi connectivity index (χ3v) is 4.69. The lowest BCUT2D eigenvalue weighted by molar-refractivity contribution is 0.143. The van der Waals surface area contributed by atoms with Gasteiger partial charge in [0, 0.05) is 30.1 Å². The number of rotatable bonds is 3. The first-order valence-electron chi connectivity index (χ1n) is 7.17. The van der Waals surface area contributed by atoms with Crippen molar-refractivity contribution in [2.75, 3.05) is 31.7 Å². The van der Waals surface area contributed by atoms with Crippen LogP contribution in [0.25, 0.3) is 10.9 Å². The highest BCUT2D eigenvalue weighted by molar-refractivity contribution is 9.10. The SMILES string of the molecule is COCC1CCCN(c2ccc3cc(Br)cc(Cl)c3n2)C1. The predicted octanol–water partition coefficient (Wildman–Crippen LogP) is 4.51. The van der Waals surface area contributed by atoms with Crippen molar-refractivity contribution in [3.05, 3.63) is 33.8 Å². The van der Waals surface area contributed by atoms with Crippen LogP contribution in [0.2, 0.25) is 5.02 Å². The molecule has 0 saturated carbocycles. The largest absolute Gasteiger partial charge is 0.384 e. The monoisotopic (exact) mass is 368 g/mol. The summed E-state index contributed by atoms with van der Waals surface area (Å²) in [5.41, 5.74) is 0.867. The van der Waals surface area contributed by atoms with E-state index >= 15 is 0 Å². The summed E-state index contributed by atoms with van der Waals surface area (Å²) in [7, 11) is 1.77. The van der Waals surface area contributed by atoms with E-state index in [0.717, 1.165) is 40.9 Å². The van der Waals surface area contributed by atoms with Crippen molar-refractivity contribution >= 4 is 44.3 Å². The molecular weight excluding hydrogens is 352 g/mol. The van der Waals surface area contributed by atoms with Crippen molar-refractivity contribution in [2.45, 2.75) is 12.8 Å². The van der Waals surface area contributed by atoms with Crippen molar-refractivity contribution in [3.63, 3.8) is 0 Å². The fraction of sp³-hybridized carbons (Fsp3) is 0.438. The van der Waals surface area contributed by atoms with Crippen molar-refractivity contribution in [3.8, 4) is 0 Å². The van der Waals surface area contributed by atoms with Crippen LogP contribution in [0.3, 0.4) is 0 Å². The molecule has 1 aliphatic rings. The quantitative estimate of drug-likeness (QED) is 0.796. The molecule has 21 heavy (non-hydrogen) atoms. The van der Waals surface area contributed by atoms with Crippen LogP contribution in [-0.4, -0.2) is 31.8 Å². The number of anilines is 1. The second kappa shape index (κ2) is 6.51. The molecule has 0 N–H and O–H groups in total. The Bertz CT molecular complexity index is 647. The maximum atomic E-state index is 6.32. The van der Waals surface area contributed by atoms with Crippen LogP contribution in [-0.2, 0) is 4.74 Å². The third kappa shape index (κ3) is 3.33. The Morgan fingerprint density at radius 2 is 2.29 bits per heavy atom. The van der Waals surface area contributed by atoms with E-state index in [1.807, 2.05) is 12.1 Å². The zero-order valence-electron chi connectivity index (χ0n) is 12.0. The smallest absolute Gasteiger partial charge is 0.129 e. The molecule has 3 rings (SSSR count). The number of nitrogens with zero attached hydrogens (tertiary/aromatic N) is 2. The van der Waals surface area contributed by atoms with Gasteiger partial charge in [0.2, 0.25) is 0 Å². The Morgan fingerprint density at radius 1 is 1.43 bits per heavy atom. The molecule has 0 bridgehead atoms. The number of ether oxygens (including phenoxy) is 1. The van der Waals surface area contributed by atoms with E-state index in [1.54, 1.807) is 7.11 Å². The first-order chi connectivity index (χ1) is 10.2. The molecule has 1 aliphatic heterocycles. The summed E-state index contributed by atoms with van der Waals surface area (Å²) in [4.78, 5) is 7.10. The number of pyridine rings is 1. The summed E-state index contributed by atoms with van der Waals surface area (Å²) >= 11 is 9.79. The van der Waals surface area contributed by atoms with Gasteiger partial charge in [0.15, 0.2) is 0 Å². The molecule has 0 amide bonds. The van der Waals surface area contributed by atoms with Crippen molar-refractivity contribution < 1.29 is 4.74 Å². The number of hydrogen-bond donors (Lipinski definition) is 0.